The van der Waals surface area contributed by atoms with Gasteiger partial charge < -0.3 is 10.1 Å². The lowest BCUT2D eigenvalue weighted by Crippen LogP contribution is -2.12. The van der Waals surface area contributed by atoms with Gasteiger partial charge in [0, 0.05) is 17.5 Å². The number of hydrogen-bond acceptors (Lipinski definition) is 5. The van der Waals surface area contributed by atoms with Crippen LogP contribution in [-0.4, -0.2) is 15.2 Å². The molecule has 2 aromatic carbocycles. The second kappa shape index (κ2) is 8.58. The summed E-state index contributed by atoms with van der Waals surface area (Å²) in [6.45, 7) is 4.24. The number of aromatic amines is 1. The summed E-state index contributed by atoms with van der Waals surface area (Å²) in [6.07, 6.45) is 0. The summed E-state index contributed by atoms with van der Waals surface area (Å²) in [5.41, 5.74) is 1.42. The minimum Gasteiger partial charge on any atom is -0.457 e. The van der Waals surface area contributed by atoms with E-state index < -0.39 is 0 Å². The predicted octanol–water partition coefficient (Wildman–Crippen LogP) is 4.95. The molecule has 0 aliphatic rings. The van der Waals surface area contributed by atoms with E-state index in [4.69, 9.17) is 4.74 Å². The number of thioether (sulfide) groups is 1. The molecule has 0 amide bonds. The van der Waals surface area contributed by atoms with Crippen molar-refractivity contribution in [2.45, 2.75) is 24.9 Å². The number of H-pyrrole nitrogens is 1. The summed E-state index contributed by atoms with van der Waals surface area (Å²) < 4.78 is 5.77. The van der Waals surface area contributed by atoms with E-state index in [0.717, 1.165) is 22.9 Å². The predicted molar refractivity (Wildman–Crippen MR) is 108 cm³/mol. The van der Waals surface area contributed by atoms with Crippen molar-refractivity contribution < 1.29 is 4.74 Å². The van der Waals surface area contributed by atoms with Crippen molar-refractivity contribution in [1.29, 1.82) is 0 Å². The Kier molecular flexibility index (Phi) is 5.96. The van der Waals surface area contributed by atoms with Crippen LogP contribution >= 0.6 is 11.8 Å². The van der Waals surface area contributed by atoms with Crippen molar-refractivity contribution in [3.8, 4) is 11.5 Å². The molecule has 0 radical (unpaired) electrons. The Morgan fingerprint density at radius 3 is 2.46 bits per heavy atom. The first-order valence-electron chi connectivity index (χ1n) is 8.40. The molecule has 1 heterocycles. The summed E-state index contributed by atoms with van der Waals surface area (Å²) in [4.78, 5) is 19.0. The van der Waals surface area contributed by atoms with Gasteiger partial charge in [-0.2, -0.15) is 11.8 Å². The normalized spacial score (nSPS) is 10.7. The summed E-state index contributed by atoms with van der Waals surface area (Å²) in [6, 6.07) is 18.6. The number of hydrogen-bond donors (Lipinski definition) is 2. The molecule has 2 N–H and O–H groups in total. The van der Waals surface area contributed by atoms with Crippen molar-refractivity contribution in [3.05, 3.63) is 76.7 Å². The van der Waals surface area contributed by atoms with Crippen LogP contribution < -0.4 is 15.6 Å². The second-order valence-corrected chi connectivity index (χ2v) is 7.57. The molecule has 0 bridgehead atoms. The van der Waals surface area contributed by atoms with E-state index in [0.29, 0.717) is 17.0 Å². The molecule has 1 aromatic heterocycles. The Morgan fingerprint density at radius 1 is 1.08 bits per heavy atom. The van der Waals surface area contributed by atoms with E-state index >= 15 is 0 Å². The molecule has 0 aliphatic heterocycles. The van der Waals surface area contributed by atoms with E-state index in [1.54, 1.807) is 11.8 Å². The zero-order valence-corrected chi connectivity index (χ0v) is 15.5. The van der Waals surface area contributed by atoms with Crippen molar-refractivity contribution in [3.63, 3.8) is 0 Å². The molecule has 134 valence electrons. The van der Waals surface area contributed by atoms with Crippen LogP contribution in [0, 0.1) is 0 Å². The van der Waals surface area contributed by atoms with Crippen LogP contribution in [0.4, 0.5) is 11.6 Å². The average Bonchev–Trinajstić information content (AvgIpc) is 2.62. The zero-order chi connectivity index (χ0) is 18.4. The third kappa shape index (κ3) is 5.39. The molecule has 0 aliphatic carbocycles. The summed E-state index contributed by atoms with van der Waals surface area (Å²) in [5, 5.41) is 3.62. The maximum absolute atomic E-state index is 11.8. The van der Waals surface area contributed by atoms with Crippen molar-refractivity contribution in [2.24, 2.45) is 0 Å². The topological polar surface area (TPSA) is 67.0 Å². The Bertz CT molecular complexity index is 893. The third-order valence-electron chi connectivity index (χ3n) is 3.46. The number of rotatable bonds is 7. The van der Waals surface area contributed by atoms with E-state index in [1.165, 1.54) is 6.07 Å². The highest BCUT2D eigenvalue weighted by Gasteiger charge is 2.04. The number of ether oxygens (including phenoxy) is 1. The number of anilines is 2. The van der Waals surface area contributed by atoms with Crippen LogP contribution in [0.3, 0.4) is 0 Å². The van der Waals surface area contributed by atoms with Gasteiger partial charge in [0.15, 0.2) is 0 Å². The smallest absolute Gasteiger partial charge is 0.252 e. The van der Waals surface area contributed by atoms with Gasteiger partial charge in [-0.15, -0.1) is 0 Å². The van der Waals surface area contributed by atoms with Crippen molar-refractivity contribution in [1.82, 2.24) is 9.97 Å². The molecule has 0 saturated carbocycles. The van der Waals surface area contributed by atoms with Gasteiger partial charge in [0.2, 0.25) is 5.95 Å². The molecular formula is C20H21N3O2S. The van der Waals surface area contributed by atoms with Crippen LogP contribution in [0.15, 0.2) is 65.5 Å². The van der Waals surface area contributed by atoms with Gasteiger partial charge in [0.05, 0.1) is 5.69 Å². The molecule has 3 rings (SSSR count). The number of nitrogens with one attached hydrogen (secondary N) is 2. The van der Waals surface area contributed by atoms with Gasteiger partial charge in [0.1, 0.15) is 11.5 Å². The van der Waals surface area contributed by atoms with Crippen LogP contribution in [0.1, 0.15) is 19.5 Å². The molecule has 0 spiro atoms. The third-order valence-corrected chi connectivity index (χ3v) is 4.58. The lowest BCUT2D eigenvalue weighted by Gasteiger charge is -2.09. The average molecular weight is 367 g/mol. The fourth-order valence-corrected chi connectivity index (χ4v) is 2.91. The second-order valence-electron chi connectivity index (χ2n) is 6.01. The fourth-order valence-electron chi connectivity index (χ4n) is 2.26. The van der Waals surface area contributed by atoms with Gasteiger partial charge in [-0.25, -0.2) is 4.98 Å². The molecule has 0 fully saturated rings. The minimum atomic E-state index is -0.161. The van der Waals surface area contributed by atoms with Crippen LogP contribution in [-0.2, 0) is 5.75 Å². The maximum Gasteiger partial charge on any atom is 0.252 e. The van der Waals surface area contributed by atoms with E-state index in [-0.39, 0.29) is 5.56 Å². The quantitative estimate of drug-likeness (QED) is 0.619. The largest absolute Gasteiger partial charge is 0.457 e. The number of aromatic nitrogens is 2. The molecule has 26 heavy (non-hydrogen) atoms. The highest BCUT2D eigenvalue weighted by molar-refractivity contribution is 7.99. The molecule has 0 saturated heterocycles. The first kappa shape index (κ1) is 18.1. The highest BCUT2D eigenvalue weighted by Crippen LogP contribution is 2.23. The minimum absolute atomic E-state index is 0.161. The van der Waals surface area contributed by atoms with Gasteiger partial charge >= 0.3 is 0 Å². The maximum atomic E-state index is 11.8. The number of para-hydroxylation sites is 1. The lowest BCUT2D eigenvalue weighted by atomic mass is 10.3. The fraction of sp³-hybridized carbons (Fsp3) is 0.200. The standard InChI is InChI=1S/C20H21N3O2S/c1-14(2)26-13-16-12-19(24)23-20(22-16)21-15-8-10-18(11-9-15)25-17-6-4-3-5-7-17/h3-12,14H,13H2,1-2H3,(H2,21,22,23,24). The molecular weight excluding hydrogens is 346 g/mol. The summed E-state index contributed by atoms with van der Waals surface area (Å²) in [5.74, 6) is 2.67. The highest BCUT2D eigenvalue weighted by atomic mass is 32.2. The Hall–Kier alpha value is -2.73. The molecule has 0 atom stereocenters. The van der Waals surface area contributed by atoms with Gasteiger partial charge in [-0.3, -0.25) is 9.78 Å². The molecule has 3 aromatic rings. The molecule has 0 unspecified atom stereocenters. The van der Waals surface area contributed by atoms with Gasteiger partial charge in [-0.05, 0) is 41.6 Å². The SMILES string of the molecule is CC(C)SCc1cc(=O)[nH]c(Nc2ccc(Oc3ccccc3)cc2)n1. The van der Waals surface area contributed by atoms with E-state index in [9.17, 15) is 4.79 Å². The molecule has 6 heteroatoms. The van der Waals surface area contributed by atoms with Crippen LogP contribution in [0.25, 0.3) is 0 Å². The van der Waals surface area contributed by atoms with Gasteiger partial charge in [-0.1, -0.05) is 32.0 Å². The van der Waals surface area contributed by atoms with E-state index in [1.807, 2.05) is 54.6 Å². The van der Waals surface area contributed by atoms with Crippen molar-refractivity contribution >= 4 is 23.4 Å². The Labute approximate surface area is 156 Å². The van der Waals surface area contributed by atoms with Crippen LogP contribution in [0.2, 0.25) is 0 Å². The van der Waals surface area contributed by atoms with Gasteiger partial charge in [0.25, 0.3) is 5.56 Å². The summed E-state index contributed by atoms with van der Waals surface area (Å²) in [7, 11) is 0. The van der Waals surface area contributed by atoms with Crippen molar-refractivity contribution in [2.75, 3.05) is 5.32 Å². The first-order chi connectivity index (χ1) is 12.6. The Morgan fingerprint density at radius 2 is 1.77 bits per heavy atom. The Balaban J connectivity index is 1.68. The lowest BCUT2D eigenvalue weighted by molar-refractivity contribution is 0.483. The molecule has 5 nitrogen and oxygen atoms in total. The van der Waals surface area contributed by atoms with Crippen LogP contribution in [0.5, 0.6) is 11.5 Å². The van der Waals surface area contributed by atoms with E-state index in [2.05, 4.69) is 29.1 Å². The number of benzene rings is 2. The monoisotopic (exact) mass is 367 g/mol. The zero-order valence-electron chi connectivity index (χ0n) is 14.7. The first-order valence-corrected chi connectivity index (χ1v) is 9.45. The summed E-state index contributed by atoms with van der Waals surface area (Å²) >= 11 is 1.75. The number of nitrogens with zero attached hydrogens (tertiary/aromatic N) is 1.